The van der Waals surface area contributed by atoms with Crippen molar-refractivity contribution in [2.75, 3.05) is 12.1 Å². The lowest BCUT2D eigenvalue weighted by atomic mass is 9.97. The highest BCUT2D eigenvalue weighted by Gasteiger charge is 2.32. The van der Waals surface area contributed by atoms with E-state index in [1.807, 2.05) is 44.2 Å². The number of anilines is 1. The number of ketones is 1. The van der Waals surface area contributed by atoms with Gasteiger partial charge >= 0.3 is 0 Å². The topological polar surface area (TPSA) is 142 Å². The third-order valence-corrected chi connectivity index (χ3v) is 4.02. The van der Waals surface area contributed by atoms with Crippen LogP contribution in [0.2, 0.25) is 0 Å². The number of primary amides is 1. The molecule has 8 heteroatoms. The van der Waals surface area contributed by atoms with Gasteiger partial charge in [0.2, 0.25) is 0 Å². The van der Waals surface area contributed by atoms with Crippen LogP contribution in [0, 0.1) is 0 Å². The Hall–Kier alpha value is -3.36. The average molecular weight is 400 g/mol. The van der Waals surface area contributed by atoms with E-state index in [9.17, 15) is 14.7 Å². The number of carbonyl (C=O) groups is 2. The van der Waals surface area contributed by atoms with Crippen LogP contribution in [0.3, 0.4) is 0 Å². The van der Waals surface area contributed by atoms with Gasteiger partial charge in [-0.3, -0.25) is 14.6 Å². The van der Waals surface area contributed by atoms with Crippen LogP contribution in [0.4, 0.5) is 5.69 Å². The second-order valence-corrected chi connectivity index (χ2v) is 5.67. The molecule has 156 valence electrons. The number of nitrogens with zero attached hydrogens (tertiary/aromatic N) is 1. The predicted octanol–water partition coefficient (Wildman–Crippen LogP) is 1.78. The number of phenols is 1. The Bertz CT molecular complexity index is 866. The molecule has 1 aliphatic carbocycles. The van der Waals surface area contributed by atoms with Gasteiger partial charge in [-0.05, 0) is 17.7 Å². The standard InChI is InChI=1S/C18H18N4O3.C2H6.CH4O/c19-18(25)12-7-4-8-14(17(12)24)22(20)16-13(9-15(16)23)21-10-11-5-2-1-3-6-11;2*1-2/h1-8,21,24H,9-10,20H2,(H2,19,25);1-2H3;2H,1H3. The van der Waals surface area contributed by atoms with Crippen LogP contribution in [0.1, 0.15) is 36.2 Å². The maximum atomic E-state index is 12.0. The molecule has 8 nitrogen and oxygen atoms in total. The fraction of sp³-hybridized carbons (Fsp3) is 0.238. The first kappa shape index (κ1) is 23.7. The van der Waals surface area contributed by atoms with Gasteiger partial charge in [-0.15, -0.1) is 0 Å². The van der Waals surface area contributed by atoms with Crippen LogP contribution in [0.5, 0.6) is 5.75 Å². The number of para-hydroxylation sites is 1. The highest BCUT2D eigenvalue weighted by molar-refractivity contribution is 6.07. The lowest BCUT2D eigenvalue weighted by Crippen LogP contribution is -2.43. The number of carbonyl (C=O) groups excluding carboxylic acids is 2. The molecular weight excluding hydrogens is 372 g/mol. The van der Waals surface area contributed by atoms with Crippen LogP contribution in [-0.4, -0.2) is 29.0 Å². The fourth-order valence-electron chi connectivity index (χ4n) is 2.67. The van der Waals surface area contributed by atoms with Crippen LogP contribution in [-0.2, 0) is 11.3 Å². The molecule has 3 rings (SSSR count). The summed E-state index contributed by atoms with van der Waals surface area (Å²) in [4.78, 5) is 23.4. The number of amides is 1. The van der Waals surface area contributed by atoms with Crippen molar-refractivity contribution in [2.45, 2.75) is 26.8 Å². The number of hydrogen-bond acceptors (Lipinski definition) is 7. The minimum absolute atomic E-state index is 0.0564. The van der Waals surface area contributed by atoms with E-state index in [0.29, 0.717) is 12.2 Å². The minimum Gasteiger partial charge on any atom is -0.505 e. The molecular formula is C21H28N4O4. The van der Waals surface area contributed by atoms with Crippen molar-refractivity contribution in [3.63, 3.8) is 0 Å². The highest BCUT2D eigenvalue weighted by Crippen LogP contribution is 2.35. The van der Waals surface area contributed by atoms with Gasteiger partial charge in [0, 0.05) is 19.4 Å². The Morgan fingerprint density at radius 3 is 2.28 bits per heavy atom. The summed E-state index contributed by atoms with van der Waals surface area (Å²) in [6.07, 6.45) is 0.242. The summed E-state index contributed by atoms with van der Waals surface area (Å²) in [5.74, 6) is 4.74. The van der Waals surface area contributed by atoms with E-state index in [0.717, 1.165) is 17.7 Å². The molecule has 0 spiro atoms. The summed E-state index contributed by atoms with van der Waals surface area (Å²) < 4.78 is 0. The SMILES string of the molecule is CC.CO.NC(=O)c1cccc(N(N)C2=C(NCc3ccccc3)CC2=O)c1O. The number of aliphatic hydroxyl groups is 1. The molecule has 1 amide bonds. The van der Waals surface area contributed by atoms with Gasteiger partial charge in [-0.25, -0.2) is 5.84 Å². The van der Waals surface area contributed by atoms with E-state index in [2.05, 4.69) is 5.32 Å². The lowest BCUT2D eigenvalue weighted by Gasteiger charge is -2.31. The minimum atomic E-state index is -0.774. The van der Waals surface area contributed by atoms with Crippen molar-refractivity contribution in [1.29, 1.82) is 0 Å². The molecule has 2 aromatic rings. The van der Waals surface area contributed by atoms with E-state index in [1.54, 1.807) is 0 Å². The number of hydrazine groups is 1. The zero-order valence-electron chi connectivity index (χ0n) is 16.8. The molecule has 0 fully saturated rings. The smallest absolute Gasteiger partial charge is 0.252 e. The number of hydrogen-bond donors (Lipinski definition) is 5. The van der Waals surface area contributed by atoms with Gasteiger partial charge in [0.25, 0.3) is 5.91 Å². The van der Waals surface area contributed by atoms with E-state index < -0.39 is 5.91 Å². The number of allylic oxidation sites excluding steroid dienone is 2. The van der Waals surface area contributed by atoms with Gasteiger partial charge in [0.05, 0.1) is 12.0 Å². The number of aromatic hydroxyl groups is 1. The first-order chi connectivity index (χ1) is 14.0. The molecule has 1 aliphatic rings. The van der Waals surface area contributed by atoms with Crippen molar-refractivity contribution in [2.24, 2.45) is 11.6 Å². The molecule has 0 unspecified atom stereocenters. The van der Waals surface area contributed by atoms with Gasteiger partial charge in [0.15, 0.2) is 11.5 Å². The van der Waals surface area contributed by atoms with Gasteiger partial charge in [-0.1, -0.05) is 50.2 Å². The van der Waals surface area contributed by atoms with E-state index >= 15 is 0 Å². The summed E-state index contributed by atoms with van der Waals surface area (Å²) in [6.45, 7) is 4.55. The Morgan fingerprint density at radius 2 is 1.72 bits per heavy atom. The van der Waals surface area contributed by atoms with Crippen molar-refractivity contribution in [3.8, 4) is 5.75 Å². The monoisotopic (exact) mass is 400 g/mol. The second kappa shape index (κ2) is 11.5. The molecule has 0 saturated carbocycles. The quantitative estimate of drug-likeness (QED) is 0.367. The first-order valence-electron chi connectivity index (χ1n) is 9.14. The van der Waals surface area contributed by atoms with E-state index in [4.69, 9.17) is 16.7 Å². The summed E-state index contributed by atoms with van der Waals surface area (Å²) >= 11 is 0. The second-order valence-electron chi connectivity index (χ2n) is 5.67. The number of Topliss-reactive ketones (excluding diaryl/α,β-unsaturated/α-hetero) is 1. The summed E-state index contributed by atoms with van der Waals surface area (Å²) in [7, 11) is 1.00. The molecule has 0 heterocycles. The lowest BCUT2D eigenvalue weighted by molar-refractivity contribution is -0.116. The zero-order valence-corrected chi connectivity index (χ0v) is 16.8. The molecule has 0 radical (unpaired) electrons. The van der Waals surface area contributed by atoms with Gasteiger partial charge in [0.1, 0.15) is 11.4 Å². The van der Waals surface area contributed by atoms with Gasteiger partial charge in [-0.2, -0.15) is 0 Å². The average Bonchev–Trinajstić information content (AvgIpc) is 2.74. The summed E-state index contributed by atoms with van der Waals surface area (Å²) in [6, 6.07) is 14.2. The number of aliphatic hydroxyl groups excluding tert-OH is 1. The number of rotatable bonds is 6. The van der Waals surface area contributed by atoms with E-state index in [-0.39, 0.29) is 34.9 Å². The number of nitrogens with two attached hydrogens (primary N) is 2. The third kappa shape index (κ3) is 5.56. The largest absolute Gasteiger partial charge is 0.505 e. The molecule has 0 saturated heterocycles. The van der Waals surface area contributed by atoms with Crippen LogP contribution in [0.15, 0.2) is 59.9 Å². The molecule has 0 aromatic heterocycles. The van der Waals surface area contributed by atoms with Crippen LogP contribution >= 0.6 is 0 Å². The Labute approximate surface area is 170 Å². The summed E-state index contributed by atoms with van der Waals surface area (Å²) in [5.41, 5.74) is 7.31. The molecule has 0 atom stereocenters. The van der Waals surface area contributed by atoms with Crippen molar-refractivity contribution in [3.05, 3.63) is 71.1 Å². The fourth-order valence-corrected chi connectivity index (χ4v) is 2.67. The van der Waals surface area contributed by atoms with Crippen molar-refractivity contribution in [1.82, 2.24) is 5.32 Å². The Balaban J connectivity index is 0.000000989. The number of benzene rings is 2. The maximum absolute atomic E-state index is 12.0. The van der Waals surface area contributed by atoms with Crippen LogP contribution in [0.25, 0.3) is 0 Å². The normalized spacial score (nSPS) is 12.0. The molecule has 2 aromatic carbocycles. The first-order valence-corrected chi connectivity index (χ1v) is 9.14. The van der Waals surface area contributed by atoms with Crippen LogP contribution < -0.4 is 21.9 Å². The van der Waals surface area contributed by atoms with Crippen molar-refractivity contribution >= 4 is 17.4 Å². The summed E-state index contributed by atoms with van der Waals surface area (Å²) in [5, 5.41) is 21.5. The maximum Gasteiger partial charge on any atom is 0.252 e. The van der Waals surface area contributed by atoms with E-state index in [1.165, 1.54) is 18.2 Å². The predicted molar refractivity (Wildman–Crippen MR) is 113 cm³/mol. The van der Waals surface area contributed by atoms with Gasteiger partial charge < -0.3 is 21.3 Å². The van der Waals surface area contributed by atoms with Crippen molar-refractivity contribution < 1.29 is 19.8 Å². The highest BCUT2D eigenvalue weighted by atomic mass is 16.3. The Kier molecular flexibility index (Phi) is 9.37. The Morgan fingerprint density at radius 1 is 1.10 bits per heavy atom. The molecule has 7 N–H and O–H groups in total. The number of nitrogens with one attached hydrogen (secondary N) is 1. The zero-order chi connectivity index (χ0) is 22.0. The third-order valence-electron chi connectivity index (χ3n) is 4.02. The molecule has 0 aliphatic heterocycles. The molecule has 0 bridgehead atoms. The molecule has 29 heavy (non-hydrogen) atoms.